The van der Waals surface area contributed by atoms with Crippen LogP contribution in [0.25, 0.3) is 11.0 Å². The molecular weight excluding hydrogens is 294 g/mol. The highest BCUT2D eigenvalue weighted by atomic mass is 35.5. The molecule has 0 aliphatic rings. The Hall–Kier alpha value is -2.00. The Morgan fingerprint density at radius 1 is 1.00 bits per heavy atom. The molecule has 22 heavy (non-hydrogen) atoms. The fraction of sp³-hybridized carbons (Fsp3) is 0.278. The lowest BCUT2D eigenvalue weighted by Crippen LogP contribution is -3.00. The number of para-hydroxylation sites is 3. The van der Waals surface area contributed by atoms with E-state index in [-0.39, 0.29) is 12.4 Å². The number of benzene rings is 2. The molecule has 0 amide bonds. The third kappa shape index (κ3) is 3.09. The average Bonchev–Trinajstić information content (AvgIpc) is 2.86. The highest BCUT2D eigenvalue weighted by Crippen LogP contribution is 2.23. The summed E-state index contributed by atoms with van der Waals surface area (Å²) in [7, 11) is 2.11. The van der Waals surface area contributed by atoms with Crippen molar-refractivity contribution in [2.75, 3.05) is 11.9 Å². The zero-order chi connectivity index (χ0) is 14.8. The van der Waals surface area contributed by atoms with Crippen LogP contribution in [-0.2, 0) is 6.54 Å². The van der Waals surface area contributed by atoms with Crippen molar-refractivity contribution in [1.29, 1.82) is 0 Å². The van der Waals surface area contributed by atoms with Crippen LogP contribution in [0.3, 0.4) is 0 Å². The van der Waals surface area contributed by atoms with Gasteiger partial charge in [-0.25, -0.2) is 4.98 Å². The molecule has 0 radical (unpaired) electrons. The third-order valence-corrected chi connectivity index (χ3v) is 3.76. The summed E-state index contributed by atoms with van der Waals surface area (Å²) in [5.74, 6) is 1.11. The van der Waals surface area contributed by atoms with E-state index in [9.17, 15) is 0 Å². The first-order valence-corrected chi connectivity index (χ1v) is 7.39. The van der Waals surface area contributed by atoms with E-state index < -0.39 is 0 Å². The summed E-state index contributed by atoms with van der Waals surface area (Å²) >= 11 is 0. The van der Waals surface area contributed by atoms with Gasteiger partial charge < -0.3 is 21.9 Å². The Balaban J connectivity index is 0.00000176. The van der Waals surface area contributed by atoms with Crippen LogP contribution in [0.15, 0.2) is 54.6 Å². The van der Waals surface area contributed by atoms with E-state index in [1.807, 2.05) is 12.1 Å². The predicted octanol–water partition coefficient (Wildman–Crippen LogP) is 1.26. The topological polar surface area (TPSA) is 21.1 Å². The minimum atomic E-state index is 0. The molecule has 0 fully saturated rings. The van der Waals surface area contributed by atoms with Gasteiger partial charge in [0.1, 0.15) is 5.82 Å². The molecule has 3 aromatic rings. The molecule has 0 saturated heterocycles. The molecule has 0 N–H and O–H groups in total. The van der Waals surface area contributed by atoms with Gasteiger partial charge in [-0.05, 0) is 38.1 Å². The monoisotopic (exact) mass is 314 g/mol. The van der Waals surface area contributed by atoms with Gasteiger partial charge in [0, 0.05) is 18.8 Å². The molecule has 0 atom stereocenters. The molecule has 3 rings (SSSR count). The summed E-state index contributed by atoms with van der Waals surface area (Å²) in [4.78, 5) is 7.06. The van der Waals surface area contributed by atoms with E-state index in [0.29, 0.717) is 6.04 Å². The van der Waals surface area contributed by atoms with Crippen LogP contribution in [0.4, 0.5) is 5.69 Å². The van der Waals surface area contributed by atoms with Gasteiger partial charge in [-0.15, -0.1) is 0 Å². The maximum absolute atomic E-state index is 4.82. The first-order chi connectivity index (χ1) is 10.2. The van der Waals surface area contributed by atoms with Crippen molar-refractivity contribution in [3.05, 3.63) is 60.4 Å². The summed E-state index contributed by atoms with van der Waals surface area (Å²) in [6.45, 7) is 5.22. The zero-order valence-electron chi connectivity index (χ0n) is 13.2. The van der Waals surface area contributed by atoms with Gasteiger partial charge in [0.2, 0.25) is 0 Å². The van der Waals surface area contributed by atoms with Crippen molar-refractivity contribution in [3.8, 4) is 0 Å². The molecule has 1 heterocycles. The fourth-order valence-electron chi connectivity index (χ4n) is 2.77. The second-order valence-corrected chi connectivity index (χ2v) is 5.67. The highest BCUT2D eigenvalue weighted by Gasteiger charge is 2.14. The lowest BCUT2D eigenvalue weighted by atomic mass is 10.3. The summed E-state index contributed by atoms with van der Waals surface area (Å²) < 4.78 is 2.33. The lowest BCUT2D eigenvalue weighted by Gasteiger charge is -2.21. The molecule has 116 valence electrons. The van der Waals surface area contributed by atoms with E-state index in [1.165, 1.54) is 11.2 Å². The van der Waals surface area contributed by atoms with E-state index >= 15 is 0 Å². The van der Waals surface area contributed by atoms with Crippen LogP contribution in [0.2, 0.25) is 0 Å². The Kier molecular flexibility index (Phi) is 5.09. The molecular formula is C18H21ClN3-. The van der Waals surface area contributed by atoms with Crippen LogP contribution in [0.1, 0.15) is 25.7 Å². The fourth-order valence-corrected chi connectivity index (χ4v) is 2.77. The smallest absolute Gasteiger partial charge is 0.129 e. The number of nitrogens with zero attached hydrogens (tertiary/aromatic N) is 3. The third-order valence-electron chi connectivity index (χ3n) is 3.76. The molecule has 3 nitrogen and oxygen atoms in total. The number of halogens is 1. The maximum Gasteiger partial charge on any atom is 0.129 e. The van der Waals surface area contributed by atoms with Crippen molar-refractivity contribution >= 4 is 16.7 Å². The molecule has 2 aromatic carbocycles. The van der Waals surface area contributed by atoms with E-state index in [4.69, 9.17) is 4.98 Å². The molecule has 0 bridgehead atoms. The Labute approximate surface area is 138 Å². The lowest BCUT2D eigenvalue weighted by molar-refractivity contribution is -0.00000465. The molecule has 1 aromatic heterocycles. The Morgan fingerprint density at radius 3 is 2.32 bits per heavy atom. The van der Waals surface area contributed by atoms with Crippen molar-refractivity contribution in [3.63, 3.8) is 0 Å². The Morgan fingerprint density at radius 2 is 1.64 bits per heavy atom. The average molecular weight is 315 g/mol. The first kappa shape index (κ1) is 16.4. The predicted molar refractivity (Wildman–Crippen MR) is 88.7 cm³/mol. The van der Waals surface area contributed by atoms with Gasteiger partial charge in [-0.3, -0.25) is 0 Å². The zero-order valence-corrected chi connectivity index (χ0v) is 14.0. The number of rotatable bonds is 4. The number of hydrogen-bond acceptors (Lipinski definition) is 2. The van der Waals surface area contributed by atoms with Crippen LogP contribution in [0, 0.1) is 0 Å². The number of hydrogen-bond donors (Lipinski definition) is 0. The van der Waals surface area contributed by atoms with Crippen LogP contribution in [-0.4, -0.2) is 16.6 Å². The summed E-state index contributed by atoms with van der Waals surface area (Å²) in [5, 5.41) is 0. The quantitative estimate of drug-likeness (QED) is 0.723. The normalized spacial score (nSPS) is 10.7. The largest absolute Gasteiger partial charge is 1.00 e. The summed E-state index contributed by atoms with van der Waals surface area (Å²) in [5.41, 5.74) is 3.49. The number of anilines is 1. The standard InChI is InChI=1S/C18H21N3.ClH/c1-14(2)21-17-12-8-7-11-16(17)19-18(21)13-20(3)15-9-5-4-6-10-15;/h4-12,14H,13H2,1-3H3;1H/p-1. The van der Waals surface area contributed by atoms with Gasteiger partial charge in [-0.1, -0.05) is 30.3 Å². The van der Waals surface area contributed by atoms with Crippen LogP contribution in [0.5, 0.6) is 0 Å². The molecule has 0 aliphatic carbocycles. The molecule has 0 aliphatic heterocycles. The van der Waals surface area contributed by atoms with Crippen molar-refractivity contribution in [1.82, 2.24) is 9.55 Å². The van der Waals surface area contributed by atoms with Crippen LogP contribution >= 0.6 is 0 Å². The SMILES string of the molecule is CC(C)n1c(CN(C)c2ccccc2)nc2ccccc21.[Cl-]. The highest BCUT2D eigenvalue weighted by molar-refractivity contribution is 5.76. The van der Waals surface area contributed by atoms with Gasteiger partial charge in [0.25, 0.3) is 0 Å². The van der Waals surface area contributed by atoms with E-state index in [2.05, 4.69) is 72.8 Å². The molecule has 0 saturated carbocycles. The van der Waals surface area contributed by atoms with Gasteiger partial charge in [0.05, 0.1) is 17.6 Å². The first-order valence-electron chi connectivity index (χ1n) is 7.39. The van der Waals surface area contributed by atoms with Gasteiger partial charge in [-0.2, -0.15) is 0 Å². The number of fused-ring (bicyclic) bond motifs is 1. The van der Waals surface area contributed by atoms with E-state index in [1.54, 1.807) is 0 Å². The van der Waals surface area contributed by atoms with Crippen molar-refractivity contribution in [2.45, 2.75) is 26.4 Å². The summed E-state index contributed by atoms with van der Waals surface area (Å²) in [6, 6.07) is 19.2. The molecule has 4 heteroatoms. The minimum absolute atomic E-state index is 0. The van der Waals surface area contributed by atoms with Gasteiger partial charge in [0.15, 0.2) is 0 Å². The maximum atomic E-state index is 4.82. The Bertz CT molecular complexity index is 734. The number of imidazole rings is 1. The van der Waals surface area contributed by atoms with E-state index in [0.717, 1.165) is 17.9 Å². The minimum Gasteiger partial charge on any atom is -1.00 e. The van der Waals surface area contributed by atoms with Gasteiger partial charge >= 0.3 is 0 Å². The second-order valence-electron chi connectivity index (χ2n) is 5.67. The summed E-state index contributed by atoms with van der Waals surface area (Å²) in [6.07, 6.45) is 0. The van der Waals surface area contributed by atoms with Crippen LogP contribution < -0.4 is 17.3 Å². The second kappa shape index (κ2) is 6.84. The number of aromatic nitrogens is 2. The molecule has 0 unspecified atom stereocenters. The molecule has 0 spiro atoms. The van der Waals surface area contributed by atoms with Crippen molar-refractivity contribution in [2.24, 2.45) is 0 Å². The van der Waals surface area contributed by atoms with Crippen molar-refractivity contribution < 1.29 is 12.4 Å².